The van der Waals surface area contributed by atoms with Crippen molar-refractivity contribution in [2.45, 2.75) is 94.9 Å². The third kappa shape index (κ3) is 4.92. The second-order valence-electron chi connectivity index (χ2n) is 10.5. The highest BCUT2D eigenvalue weighted by molar-refractivity contribution is 7.46. The van der Waals surface area contributed by atoms with Crippen molar-refractivity contribution in [3.05, 3.63) is 22.7 Å². The van der Waals surface area contributed by atoms with E-state index in [9.17, 15) is 28.7 Å². The third-order valence-corrected chi connectivity index (χ3v) is 7.94. The SMILES string of the molecule is CCC1=C(OP(=O)(O)O)C(CC)(C(C)(C)C)C(CC)=C(OP(=O)(O)O)C1(CC)C(C)(C)C. The van der Waals surface area contributed by atoms with Gasteiger partial charge in [0.05, 0.1) is 10.8 Å². The lowest BCUT2D eigenvalue weighted by atomic mass is 9.48. The summed E-state index contributed by atoms with van der Waals surface area (Å²) in [5.41, 5.74) is -2.09. The van der Waals surface area contributed by atoms with Gasteiger partial charge in [-0.1, -0.05) is 69.2 Å². The van der Waals surface area contributed by atoms with Crippen LogP contribution < -0.4 is 0 Å². The van der Waals surface area contributed by atoms with Crippen LogP contribution in [0.25, 0.3) is 0 Å². The molecule has 188 valence electrons. The van der Waals surface area contributed by atoms with E-state index in [-0.39, 0.29) is 11.5 Å². The molecule has 0 radical (unpaired) electrons. The van der Waals surface area contributed by atoms with Crippen molar-refractivity contribution in [1.29, 1.82) is 0 Å². The van der Waals surface area contributed by atoms with Gasteiger partial charge in [0.2, 0.25) is 0 Å². The zero-order valence-electron chi connectivity index (χ0n) is 21.1. The maximum Gasteiger partial charge on any atom is 0.524 e. The van der Waals surface area contributed by atoms with Crippen LogP contribution in [0.5, 0.6) is 0 Å². The summed E-state index contributed by atoms with van der Waals surface area (Å²) >= 11 is 0. The van der Waals surface area contributed by atoms with Gasteiger partial charge in [0.25, 0.3) is 0 Å². The minimum Gasteiger partial charge on any atom is -0.408 e. The molecule has 0 bridgehead atoms. The number of phosphoric acid groups is 2. The summed E-state index contributed by atoms with van der Waals surface area (Å²) in [7, 11) is -9.88. The molecule has 4 N–H and O–H groups in total. The minimum atomic E-state index is -4.94. The Bertz CT molecular complexity index is 793. The van der Waals surface area contributed by atoms with Crippen molar-refractivity contribution in [2.24, 2.45) is 21.7 Å². The molecule has 1 rings (SSSR count). The molecule has 0 aliphatic heterocycles. The third-order valence-electron chi connectivity index (χ3n) is 7.10. The van der Waals surface area contributed by atoms with Crippen molar-refractivity contribution >= 4 is 15.6 Å². The molecule has 0 saturated heterocycles. The van der Waals surface area contributed by atoms with Crippen LogP contribution in [0.15, 0.2) is 22.7 Å². The molecule has 10 heteroatoms. The highest BCUT2D eigenvalue weighted by Crippen LogP contribution is 2.70. The van der Waals surface area contributed by atoms with Crippen molar-refractivity contribution in [3.63, 3.8) is 0 Å². The summed E-state index contributed by atoms with van der Waals surface area (Å²) in [5.74, 6) is 0.407. The van der Waals surface area contributed by atoms with Crippen LogP contribution in [-0.2, 0) is 18.2 Å². The van der Waals surface area contributed by atoms with Gasteiger partial charge in [0.1, 0.15) is 11.5 Å². The first-order valence-corrected chi connectivity index (χ1v) is 14.2. The van der Waals surface area contributed by atoms with Gasteiger partial charge < -0.3 is 9.05 Å². The number of allylic oxidation sites excluding steroid dienone is 2. The molecule has 0 spiro atoms. The molecule has 0 saturated carbocycles. The summed E-state index contributed by atoms with van der Waals surface area (Å²) in [5, 5.41) is 0. The molecule has 8 nitrogen and oxygen atoms in total. The summed E-state index contributed by atoms with van der Waals surface area (Å²) in [4.78, 5) is 39.7. The van der Waals surface area contributed by atoms with E-state index in [1.54, 1.807) is 0 Å². The van der Waals surface area contributed by atoms with E-state index in [2.05, 4.69) is 0 Å². The van der Waals surface area contributed by atoms with E-state index in [1.807, 2.05) is 69.2 Å². The second-order valence-corrected chi connectivity index (χ2v) is 12.8. The summed E-state index contributed by atoms with van der Waals surface area (Å²) < 4.78 is 35.5. The van der Waals surface area contributed by atoms with E-state index in [1.165, 1.54) is 0 Å². The Labute approximate surface area is 193 Å². The van der Waals surface area contributed by atoms with Crippen LogP contribution in [0.2, 0.25) is 0 Å². The first kappa shape index (κ1) is 29.4. The van der Waals surface area contributed by atoms with Crippen LogP contribution in [-0.4, -0.2) is 19.6 Å². The molecule has 0 heterocycles. The number of hydrogen-bond acceptors (Lipinski definition) is 4. The maximum absolute atomic E-state index is 12.2. The zero-order valence-corrected chi connectivity index (χ0v) is 22.9. The van der Waals surface area contributed by atoms with Crippen LogP contribution in [0.1, 0.15) is 94.9 Å². The maximum atomic E-state index is 12.2. The lowest BCUT2D eigenvalue weighted by Gasteiger charge is -2.58. The molecular formula is C22H42O8P2. The molecule has 2 unspecified atom stereocenters. The van der Waals surface area contributed by atoms with Crippen molar-refractivity contribution in [3.8, 4) is 0 Å². The molecule has 32 heavy (non-hydrogen) atoms. The summed E-state index contributed by atoms with van der Waals surface area (Å²) in [6.07, 6.45) is 1.53. The lowest BCUT2D eigenvalue weighted by Crippen LogP contribution is -2.51. The van der Waals surface area contributed by atoms with Crippen LogP contribution in [0.4, 0.5) is 0 Å². The lowest BCUT2D eigenvalue weighted by molar-refractivity contribution is 0.0298. The topological polar surface area (TPSA) is 134 Å². The van der Waals surface area contributed by atoms with E-state index < -0.39 is 37.3 Å². The van der Waals surface area contributed by atoms with E-state index in [4.69, 9.17) is 9.05 Å². The fourth-order valence-electron chi connectivity index (χ4n) is 6.00. The van der Waals surface area contributed by atoms with Gasteiger partial charge in [0, 0.05) is 0 Å². The molecule has 0 aromatic heterocycles. The number of phosphoric ester groups is 2. The molecule has 2 atom stereocenters. The van der Waals surface area contributed by atoms with Crippen LogP contribution in [0, 0.1) is 21.7 Å². The van der Waals surface area contributed by atoms with Gasteiger partial charge in [-0.2, -0.15) is 0 Å². The van der Waals surface area contributed by atoms with E-state index >= 15 is 0 Å². The Morgan fingerprint density at radius 3 is 1.03 bits per heavy atom. The second kappa shape index (κ2) is 9.20. The van der Waals surface area contributed by atoms with Gasteiger partial charge in [-0.3, -0.25) is 19.6 Å². The predicted molar refractivity (Wildman–Crippen MR) is 125 cm³/mol. The van der Waals surface area contributed by atoms with Crippen molar-refractivity contribution in [1.82, 2.24) is 0 Å². The molecular weight excluding hydrogens is 454 g/mol. The average Bonchev–Trinajstić information content (AvgIpc) is 2.57. The fraction of sp³-hybridized carbons (Fsp3) is 0.818. The van der Waals surface area contributed by atoms with Gasteiger partial charge in [-0.25, -0.2) is 9.13 Å². The van der Waals surface area contributed by atoms with Crippen LogP contribution in [0.3, 0.4) is 0 Å². The first-order chi connectivity index (χ1) is 14.2. The smallest absolute Gasteiger partial charge is 0.408 e. The van der Waals surface area contributed by atoms with Crippen molar-refractivity contribution in [2.75, 3.05) is 0 Å². The Morgan fingerprint density at radius 2 is 0.906 bits per heavy atom. The molecule has 0 aromatic rings. The number of rotatable bonds is 8. The van der Waals surface area contributed by atoms with Gasteiger partial charge in [-0.15, -0.1) is 0 Å². The largest absolute Gasteiger partial charge is 0.524 e. The van der Waals surface area contributed by atoms with Crippen molar-refractivity contribution < 1.29 is 37.8 Å². The Hall–Kier alpha value is -0.620. The summed E-state index contributed by atoms with van der Waals surface area (Å²) in [6, 6.07) is 0. The minimum absolute atomic E-state index is 0.204. The highest BCUT2D eigenvalue weighted by Gasteiger charge is 2.62. The van der Waals surface area contributed by atoms with Gasteiger partial charge >= 0.3 is 15.6 Å². The first-order valence-electron chi connectivity index (χ1n) is 11.2. The monoisotopic (exact) mass is 496 g/mol. The molecule has 0 fully saturated rings. The Balaban J connectivity index is 4.51. The molecule has 1 aliphatic rings. The summed E-state index contributed by atoms with van der Waals surface area (Å²) in [6.45, 7) is 19.1. The standard InChI is InChI=1S/C22H42O8P2/c1-11-15-17(29-31(23,24)25)22(14-4,20(8,9)10)16(12-2)18(30-32(26,27)28)21(15,13-3)19(5,6)7/h11-14H2,1-10H3,(H2,23,24,25)(H2,26,27,28). The Morgan fingerprint density at radius 1 is 0.656 bits per heavy atom. The molecule has 0 aromatic carbocycles. The average molecular weight is 497 g/mol. The molecule has 0 amide bonds. The van der Waals surface area contributed by atoms with Crippen LogP contribution >= 0.6 is 15.6 Å². The van der Waals surface area contributed by atoms with Gasteiger partial charge in [0.15, 0.2) is 0 Å². The quantitative estimate of drug-likeness (QED) is 0.282. The number of hydrogen-bond donors (Lipinski definition) is 4. The van der Waals surface area contributed by atoms with Gasteiger partial charge in [-0.05, 0) is 47.7 Å². The Kier molecular flexibility index (Phi) is 8.46. The van der Waals surface area contributed by atoms with E-state index in [0.717, 1.165) is 0 Å². The normalized spacial score (nSPS) is 25.9. The zero-order chi connectivity index (χ0) is 25.6. The highest BCUT2D eigenvalue weighted by atomic mass is 31.2. The molecule has 1 aliphatic carbocycles. The van der Waals surface area contributed by atoms with E-state index in [0.29, 0.717) is 36.8 Å². The fourth-order valence-corrected chi connectivity index (χ4v) is 7.01. The predicted octanol–water partition coefficient (Wildman–Crippen LogP) is 6.43.